The van der Waals surface area contributed by atoms with Gasteiger partial charge in [-0.05, 0) is 47.4 Å². The van der Waals surface area contributed by atoms with Crippen molar-refractivity contribution in [2.45, 2.75) is 6.42 Å². The normalized spacial score (nSPS) is 10.0. The van der Waals surface area contributed by atoms with Crippen LogP contribution >= 0.6 is 22.6 Å². The molecule has 0 aliphatic heterocycles. The van der Waals surface area contributed by atoms with Gasteiger partial charge in [-0.15, -0.1) is 0 Å². The Balaban J connectivity index is 2.36. The van der Waals surface area contributed by atoms with Crippen LogP contribution in [0.15, 0.2) is 54.6 Å². The van der Waals surface area contributed by atoms with Gasteiger partial charge in [0.05, 0.1) is 14.2 Å². The smallest absolute Gasteiger partial charge is 0.118 e. The van der Waals surface area contributed by atoms with E-state index in [-0.39, 0.29) is 0 Å². The summed E-state index contributed by atoms with van der Waals surface area (Å²) in [6, 6.07) is 16.4. The standard InChI is InChI=1S/C18H19IO2/c1-20-16-9-5-14(6-10-16)18(4-3-13-19)15-7-11-17(21-2)12-8-15/h4-12H,3,13H2,1-2H3. The molecule has 0 heterocycles. The fourth-order valence-electron chi connectivity index (χ4n) is 2.14. The molecule has 0 spiro atoms. The largest absolute Gasteiger partial charge is 0.497 e. The summed E-state index contributed by atoms with van der Waals surface area (Å²) in [4.78, 5) is 0. The van der Waals surface area contributed by atoms with Crippen LogP contribution in [-0.2, 0) is 0 Å². The molecule has 0 radical (unpaired) electrons. The number of benzene rings is 2. The average molecular weight is 394 g/mol. The minimum absolute atomic E-state index is 0.877. The minimum atomic E-state index is 0.877. The molecule has 3 heteroatoms. The van der Waals surface area contributed by atoms with Gasteiger partial charge in [-0.1, -0.05) is 52.9 Å². The van der Waals surface area contributed by atoms with E-state index in [1.165, 1.54) is 16.7 Å². The second kappa shape index (κ2) is 8.08. The molecule has 110 valence electrons. The van der Waals surface area contributed by atoms with Crippen LogP contribution in [0.1, 0.15) is 17.5 Å². The second-order valence-electron chi connectivity index (χ2n) is 4.55. The topological polar surface area (TPSA) is 18.5 Å². The van der Waals surface area contributed by atoms with E-state index in [1.54, 1.807) is 14.2 Å². The highest BCUT2D eigenvalue weighted by atomic mass is 127. The fraction of sp³-hybridized carbons (Fsp3) is 0.222. The fourth-order valence-corrected chi connectivity index (χ4v) is 2.45. The molecule has 0 aromatic heterocycles. The van der Waals surface area contributed by atoms with Crippen LogP contribution < -0.4 is 9.47 Å². The van der Waals surface area contributed by atoms with E-state index in [0.717, 1.165) is 22.3 Å². The summed E-state index contributed by atoms with van der Waals surface area (Å²) in [7, 11) is 3.37. The van der Waals surface area contributed by atoms with Gasteiger partial charge in [-0.25, -0.2) is 0 Å². The minimum Gasteiger partial charge on any atom is -0.497 e. The van der Waals surface area contributed by atoms with Crippen LogP contribution in [-0.4, -0.2) is 18.6 Å². The van der Waals surface area contributed by atoms with E-state index < -0.39 is 0 Å². The monoisotopic (exact) mass is 394 g/mol. The predicted molar refractivity (Wildman–Crippen MR) is 96.6 cm³/mol. The van der Waals surface area contributed by atoms with Crippen molar-refractivity contribution in [3.05, 3.63) is 65.7 Å². The lowest BCUT2D eigenvalue weighted by molar-refractivity contribution is 0.414. The Kier molecular flexibility index (Phi) is 6.11. The molecule has 2 nitrogen and oxygen atoms in total. The predicted octanol–water partition coefficient (Wildman–Crippen LogP) is 4.96. The third-order valence-electron chi connectivity index (χ3n) is 3.26. The Morgan fingerprint density at radius 3 is 1.62 bits per heavy atom. The lowest BCUT2D eigenvalue weighted by atomic mass is 9.97. The second-order valence-corrected chi connectivity index (χ2v) is 5.63. The number of alkyl halides is 1. The SMILES string of the molecule is COc1ccc(C(=CCCI)c2ccc(OC)cc2)cc1. The van der Waals surface area contributed by atoms with Crippen molar-refractivity contribution in [1.29, 1.82) is 0 Å². The molecule has 0 fully saturated rings. The maximum absolute atomic E-state index is 5.23. The van der Waals surface area contributed by atoms with Crippen LogP contribution in [0.25, 0.3) is 5.57 Å². The van der Waals surface area contributed by atoms with Crippen LogP contribution in [0, 0.1) is 0 Å². The maximum atomic E-state index is 5.23. The molecule has 0 saturated heterocycles. The van der Waals surface area contributed by atoms with Crippen LogP contribution in [0.4, 0.5) is 0 Å². The van der Waals surface area contributed by atoms with E-state index >= 15 is 0 Å². The van der Waals surface area contributed by atoms with E-state index in [2.05, 4.69) is 52.9 Å². The third-order valence-corrected chi connectivity index (χ3v) is 3.88. The van der Waals surface area contributed by atoms with Crippen molar-refractivity contribution in [1.82, 2.24) is 0 Å². The Labute approximate surface area is 139 Å². The van der Waals surface area contributed by atoms with Crippen molar-refractivity contribution in [3.8, 4) is 11.5 Å². The molecule has 0 bridgehead atoms. The van der Waals surface area contributed by atoms with E-state index in [4.69, 9.17) is 9.47 Å². The van der Waals surface area contributed by atoms with Gasteiger partial charge >= 0.3 is 0 Å². The highest BCUT2D eigenvalue weighted by Crippen LogP contribution is 2.27. The first-order chi connectivity index (χ1) is 10.3. The summed E-state index contributed by atoms with van der Waals surface area (Å²) in [5.41, 5.74) is 3.65. The molecule has 0 amide bonds. The lowest BCUT2D eigenvalue weighted by Gasteiger charge is -2.10. The number of methoxy groups -OCH3 is 2. The van der Waals surface area contributed by atoms with Gasteiger partial charge in [0.15, 0.2) is 0 Å². The van der Waals surface area contributed by atoms with Gasteiger partial charge in [0.25, 0.3) is 0 Å². The van der Waals surface area contributed by atoms with E-state index in [1.807, 2.05) is 24.3 Å². The number of hydrogen-bond acceptors (Lipinski definition) is 2. The summed E-state index contributed by atoms with van der Waals surface area (Å²) in [5, 5.41) is 0. The zero-order valence-corrected chi connectivity index (χ0v) is 14.5. The number of allylic oxidation sites excluding steroid dienone is 1. The van der Waals surface area contributed by atoms with Crippen molar-refractivity contribution >= 4 is 28.2 Å². The van der Waals surface area contributed by atoms with E-state index in [9.17, 15) is 0 Å². The highest BCUT2D eigenvalue weighted by Gasteiger charge is 2.05. The lowest BCUT2D eigenvalue weighted by Crippen LogP contribution is -1.91. The van der Waals surface area contributed by atoms with Crippen molar-refractivity contribution in [2.24, 2.45) is 0 Å². The molecule has 0 aliphatic carbocycles. The number of ether oxygens (including phenoxy) is 2. The van der Waals surface area contributed by atoms with Gasteiger partial charge in [-0.2, -0.15) is 0 Å². The Bertz CT molecular complexity index is 536. The summed E-state index contributed by atoms with van der Waals surface area (Å²) in [6.07, 6.45) is 3.34. The average Bonchev–Trinajstić information content (AvgIpc) is 2.56. The molecule has 0 aliphatic rings. The van der Waals surface area contributed by atoms with Gasteiger partial charge in [0.2, 0.25) is 0 Å². The zero-order valence-electron chi connectivity index (χ0n) is 12.3. The van der Waals surface area contributed by atoms with Crippen LogP contribution in [0.3, 0.4) is 0 Å². The number of hydrogen-bond donors (Lipinski definition) is 0. The first-order valence-electron chi connectivity index (χ1n) is 6.83. The zero-order chi connectivity index (χ0) is 15.1. The van der Waals surface area contributed by atoms with Crippen molar-refractivity contribution in [3.63, 3.8) is 0 Å². The van der Waals surface area contributed by atoms with Gasteiger partial charge in [-0.3, -0.25) is 0 Å². The van der Waals surface area contributed by atoms with Crippen LogP contribution in [0.5, 0.6) is 11.5 Å². The molecule has 0 atom stereocenters. The van der Waals surface area contributed by atoms with E-state index in [0.29, 0.717) is 0 Å². The van der Waals surface area contributed by atoms with Crippen molar-refractivity contribution < 1.29 is 9.47 Å². The molecule has 2 aromatic carbocycles. The number of rotatable bonds is 6. The van der Waals surface area contributed by atoms with Gasteiger partial charge < -0.3 is 9.47 Å². The molecule has 0 saturated carbocycles. The molecular formula is C18H19IO2. The highest BCUT2D eigenvalue weighted by molar-refractivity contribution is 14.1. The van der Waals surface area contributed by atoms with Gasteiger partial charge in [0.1, 0.15) is 11.5 Å². The summed E-state index contributed by atoms with van der Waals surface area (Å²) < 4.78 is 11.6. The Morgan fingerprint density at radius 2 is 1.29 bits per heavy atom. The molecule has 21 heavy (non-hydrogen) atoms. The first kappa shape index (κ1) is 15.9. The van der Waals surface area contributed by atoms with Crippen molar-refractivity contribution in [2.75, 3.05) is 18.6 Å². The Morgan fingerprint density at radius 1 is 0.857 bits per heavy atom. The van der Waals surface area contributed by atoms with Gasteiger partial charge in [0, 0.05) is 4.43 Å². The summed E-state index contributed by atoms with van der Waals surface area (Å²) in [5.74, 6) is 1.75. The molecular weight excluding hydrogens is 375 g/mol. The molecule has 0 N–H and O–H groups in total. The quantitative estimate of drug-likeness (QED) is 0.509. The third kappa shape index (κ3) is 4.24. The summed E-state index contributed by atoms with van der Waals surface area (Å²) in [6.45, 7) is 0. The number of halogens is 1. The Hall–Kier alpha value is -1.49. The maximum Gasteiger partial charge on any atom is 0.118 e. The summed E-state index contributed by atoms with van der Waals surface area (Å²) >= 11 is 2.40. The molecule has 0 unspecified atom stereocenters. The van der Waals surface area contributed by atoms with Crippen LogP contribution in [0.2, 0.25) is 0 Å². The first-order valence-corrected chi connectivity index (χ1v) is 8.36. The molecule has 2 aromatic rings. The molecule has 2 rings (SSSR count).